The monoisotopic (exact) mass is 246 g/mol. The third-order valence-corrected chi connectivity index (χ3v) is 2.37. The molecule has 18 heavy (non-hydrogen) atoms. The number of nitriles is 1. The molecule has 0 fully saturated rings. The molecule has 0 atom stereocenters. The molecule has 8 nitrogen and oxygen atoms in total. The fourth-order valence-corrected chi connectivity index (χ4v) is 1.60. The van der Waals surface area contributed by atoms with E-state index in [0.29, 0.717) is 0 Å². The summed E-state index contributed by atoms with van der Waals surface area (Å²) in [5, 5.41) is 26.0. The molecule has 0 spiro atoms. The Morgan fingerprint density at radius 1 is 1.61 bits per heavy atom. The molecule has 2 rings (SSSR count). The fourth-order valence-electron chi connectivity index (χ4n) is 1.60. The van der Waals surface area contributed by atoms with Crippen molar-refractivity contribution in [3.63, 3.8) is 0 Å². The van der Waals surface area contributed by atoms with Crippen molar-refractivity contribution in [1.82, 2.24) is 10.2 Å². The number of aromatic nitrogens is 2. The van der Waals surface area contributed by atoms with E-state index in [1.807, 2.05) is 0 Å². The van der Waals surface area contributed by atoms with Gasteiger partial charge in [-0.1, -0.05) is 0 Å². The summed E-state index contributed by atoms with van der Waals surface area (Å²) in [4.78, 5) is 21.7. The van der Waals surface area contributed by atoms with Gasteiger partial charge in [0.1, 0.15) is 6.07 Å². The molecule has 0 saturated heterocycles. The summed E-state index contributed by atoms with van der Waals surface area (Å²) in [5.41, 5.74) is -0.121. The molecule has 1 heterocycles. The molecule has 1 aromatic carbocycles. The molecule has 1 N–H and O–H groups in total. The van der Waals surface area contributed by atoms with E-state index in [9.17, 15) is 14.9 Å². The third kappa shape index (κ3) is 1.63. The molecule has 0 aliphatic carbocycles. The van der Waals surface area contributed by atoms with Crippen LogP contribution < -0.4 is 0 Å². The number of hydrogen-bond donors (Lipinski definition) is 1. The number of nitrogens with zero attached hydrogens (tertiary/aromatic N) is 3. The first-order chi connectivity index (χ1) is 8.58. The molecule has 0 unspecified atom stereocenters. The van der Waals surface area contributed by atoms with E-state index in [0.717, 1.165) is 13.2 Å². The second-order valence-corrected chi connectivity index (χ2v) is 3.35. The topological polar surface area (TPSA) is 122 Å². The quantitative estimate of drug-likeness (QED) is 0.481. The highest BCUT2D eigenvalue weighted by Gasteiger charge is 2.21. The maximum absolute atomic E-state index is 11.6. The SMILES string of the molecule is COC(=O)c1cc([N+](=O)[O-])cc2[nH]nc(C#N)c12. The smallest absolute Gasteiger partial charge is 0.338 e. The first-order valence-electron chi connectivity index (χ1n) is 4.73. The molecule has 0 saturated carbocycles. The number of non-ortho nitro benzene ring substituents is 1. The Balaban J connectivity index is 2.85. The van der Waals surface area contributed by atoms with Crippen molar-refractivity contribution < 1.29 is 14.5 Å². The van der Waals surface area contributed by atoms with Gasteiger partial charge in [0, 0.05) is 12.1 Å². The second kappa shape index (κ2) is 4.14. The highest BCUT2D eigenvalue weighted by molar-refractivity contribution is 6.06. The van der Waals surface area contributed by atoms with Gasteiger partial charge in [0.2, 0.25) is 0 Å². The number of hydrogen-bond acceptors (Lipinski definition) is 6. The first-order valence-corrected chi connectivity index (χ1v) is 4.73. The van der Waals surface area contributed by atoms with Crippen molar-refractivity contribution in [1.29, 1.82) is 5.26 Å². The zero-order valence-corrected chi connectivity index (χ0v) is 9.13. The van der Waals surface area contributed by atoms with E-state index in [1.54, 1.807) is 6.07 Å². The van der Waals surface area contributed by atoms with E-state index < -0.39 is 10.9 Å². The van der Waals surface area contributed by atoms with Crippen molar-refractivity contribution >= 4 is 22.6 Å². The molecule has 0 radical (unpaired) electrons. The maximum Gasteiger partial charge on any atom is 0.338 e. The van der Waals surface area contributed by atoms with Gasteiger partial charge in [0.15, 0.2) is 5.69 Å². The Morgan fingerprint density at radius 2 is 2.33 bits per heavy atom. The highest BCUT2D eigenvalue weighted by atomic mass is 16.6. The maximum atomic E-state index is 11.6. The van der Waals surface area contributed by atoms with Gasteiger partial charge in [0.05, 0.1) is 28.5 Å². The molecule has 90 valence electrons. The Morgan fingerprint density at radius 3 is 2.89 bits per heavy atom. The van der Waals surface area contributed by atoms with Crippen LogP contribution in [0, 0.1) is 21.4 Å². The number of rotatable bonds is 2. The zero-order chi connectivity index (χ0) is 13.3. The predicted molar refractivity (Wildman–Crippen MR) is 58.8 cm³/mol. The lowest BCUT2D eigenvalue weighted by atomic mass is 10.1. The Labute approximate surface area is 99.9 Å². The normalized spacial score (nSPS) is 10.0. The van der Waals surface area contributed by atoms with E-state index >= 15 is 0 Å². The van der Waals surface area contributed by atoms with Gasteiger partial charge in [-0.25, -0.2) is 4.79 Å². The number of fused-ring (bicyclic) bond motifs is 1. The molecule has 8 heteroatoms. The lowest BCUT2D eigenvalue weighted by molar-refractivity contribution is -0.384. The molecule has 0 bridgehead atoms. The first kappa shape index (κ1) is 11.5. The van der Waals surface area contributed by atoms with Crippen LogP contribution in [0.3, 0.4) is 0 Å². The second-order valence-electron chi connectivity index (χ2n) is 3.35. The molecule has 0 amide bonds. The number of carbonyl (C=O) groups excluding carboxylic acids is 1. The number of ether oxygens (including phenoxy) is 1. The van der Waals surface area contributed by atoms with Crippen LogP contribution in [0.25, 0.3) is 10.9 Å². The summed E-state index contributed by atoms with van der Waals surface area (Å²) >= 11 is 0. The minimum absolute atomic E-state index is 0.0136. The van der Waals surface area contributed by atoms with Gasteiger partial charge >= 0.3 is 5.97 Å². The number of nitro groups is 1. The summed E-state index contributed by atoms with van der Waals surface area (Å²) in [7, 11) is 1.15. The van der Waals surface area contributed by atoms with Crippen LogP contribution >= 0.6 is 0 Å². The molecule has 2 aromatic rings. The van der Waals surface area contributed by atoms with Crippen LogP contribution in [0.1, 0.15) is 16.1 Å². The lowest BCUT2D eigenvalue weighted by Gasteiger charge is -2.01. The van der Waals surface area contributed by atoms with Crippen LogP contribution in [-0.4, -0.2) is 28.2 Å². The Kier molecular flexibility index (Phi) is 2.65. The van der Waals surface area contributed by atoms with Crippen LogP contribution in [0.4, 0.5) is 5.69 Å². The van der Waals surface area contributed by atoms with Gasteiger partial charge in [-0.05, 0) is 0 Å². The fraction of sp³-hybridized carbons (Fsp3) is 0.100. The number of benzene rings is 1. The van der Waals surface area contributed by atoms with E-state index in [1.165, 1.54) is 6.07 Å². The van der Waals surface area contributed by atoms with Gasteiger partial charge < -0.3 is 4.74 Å². The standard InChI is InChI=1S/C10H6N4O4/c1-18-10(15)6-2-5(14(16)17)3-7-9(6)8(4-11)13-12-7/h2-3H,1H3,(H,12,13). The summed E-state index contributed by atoms with van der Waals surface area (Å²) in [6.07, 6.45) is 0. The van der Waals surface area contributed by atoms with E-state index in [-0.39, 0.29) is 27.8 Å². The Hall–Kier alpha value is -2.95. The minimum atomic E-state index is -0.762. The number of carbonyl (C=O) groups is 1. The summed E-state index contributed by atoms with van der Waals surface area (Å²) in [6, 6.07) is 4.06. The molecular weight excluding hydrogens is 240 g/mol. The summed E-state index contributed by atoms with van der Waals surface area (Å²) in [6.45, 7) is 0. The van der Waals surface area contributed by atoms with Crippen molar-refractivity contribution in [3.8, 4) is 6.07 Å². The number of nitro benzene ring substituents is 1. The van der Waals surface area contributed by atoms with Crippen molar-refractivity contribution in [2.45, 2.75) is 0 Å². The number of esters is 1. The lowest BCUT2D eigenvalue weighted by Crippen LogP contribution is -2.03. The third-order valence-electron chi connectivity index (χ3n) is 2.37. The zero-order valence-electron chi connectivity index (χ0n) is 9.13. The average molecular weight is 246 g/mol. The van der Waals surface area contributed by atoms with Crippen molar-refractivity contribution in [3.05, 3.63) is 33.5 Å². The summed E-state index contributed by atoms with van der Waals surface area (Å²) in [5.74, 6) is -0.762. The van der Waals surface area contributed by atoms with Gasteiger partial charge in [-0.15, -0.1) is 0 Å². The van der Waals surface area contributed by atoms with Crippen LogP contribution in [0.5, 0.6) is 0 Å². The van der Waals surface area contributed by atoms with Crippen LogP contribution in [0.15, 0.2) is 12.1 Å². The molecular formula is C10H6N4O4. The predicted octanol–water partition coefficient (Wildman–Crippen LogP) is 1.13. The van der Waals surface area contributed by atoms with Gasteiger partial charge in [-0.3, -0.25) is 15.2 Å². The number of methoxy groups -OCH3 is 1. The van der Waals surface area contributed by atoms with Crippen molar-refractivity contribution in [2.24, 2.45) is 0 Å². The van der Waals surface area contributed by atoms with Gasteiger partial charge in [-0.2, -0.15) is 10.4 Å². The van der Waals surface area contributed by atoms with Crippen LogP contribution in [0.2, 0.25) is 0 Å². The van der Waals surface area contributed by atoms with Gasteiger partial charge in [0.25, 0.3) is 5.69 Å². The minimum Gasteiger partial charge on any atom is -0.465 e. The highest BCUT2D eigenvalue weighted by Crippen LogP contribution is 2.26. The molecule has 1 aromatic heterocycles. The summed E-state index contributed by atoms with van der Waals surface area (Å²) < 4.78 is 4.54. The van der Waals surface area contributed by atoms with E-state index in [4.69, 9.17) is 5.26 Å². The average Bonchev–Trinajstić information content (AvgIpc) is 2.79. The Bertz CT molecular complexity index is 698. The van der Waals surface area contributed by atoms with E-state index in [2.05, 4.69) is 14.9 Å². The number of aromatic amines is 1. The number of nitrogens with one attached hydrogen (secondary N) is 1. The molecule has 0 aliphatic rings. The largest absolute Gasteiger partial charge is 0.465 e. The van der Waals surface area contributed by atoms with Crippen molar-refractivity contribution in [2.75, 3.05) is 7.11 Å². The number of H-pyrrole nitrogens is 1. The van der Waals surface area contributed by atoms with Crippen LogP contribution in [-0.2, 0) is 4.74 Å². The molecule has 0 aliphatic heterocycles.